The fourth-order valence-electron chi connectivity index (χ4n) is 2.05. The molecule has 0 bridgehead atoms. The van der Waals surface area contributed by atoms with Crippen molar-refractivity contribution >= 4 is 0 Å². The second kappa shape index (κ2) is 6.21. The average Bonchev–Trinajstić information content (AvgIpc) is 2.45. The topological polar surface area (TPSA) is 32.3 Å². The van der Waals surface area contributed by atoms with E-state index in [4.69, 9.17) is 0 Å². The molecule has 0 radical (unpaired) electrons. The Morgan fingerprint density at radius 3 is 2.00 bits per heavy atom. The minimum Gasteiger partial charge on any atom is -0.387 e. The molecule has 0 amide bonds. The molecule has 0 saturated carbocycles. The number of aliphatic hydroxyl groups is 1. The first-order valence-corrected chi connectivity index (χ1v) is 7.04. The summed E-state index contributed by atoms with van der Waals surface area (Å²) >= 11 is 0. The third-order valence-electron chi connectivity index (χ3n) is 3.23. The molecule has 2 heteroatoms. The molecular formula is C18H23NO. The normalized spacial score (nSPS) is 13.2. The Morgan fingerprint density at radius 1 is 0.900 bits per heavy atom. The molecule has 0 heterocycles. The maximum Gasteiger partial charge on any atom is 0.0914 e. The summed E-state index contributed by atoms with van der Waals surface area (Å²) in [4.78, 5) is 0. The highest BCUT2D eigenvalue weighted by molar-refractivity contribution is 5.63. The van der Waals surface area contributed by atoms with Crippen molar-refractivity contribution in [2.45, 2.75) is 32.4 Å². The van der Waals surface area contributed by atoms with E-state index in [-0.39, 0.29) is 5.54 Å². The molecule has 2 aromatic rings. The molecule has 0 aliphatic heterocycles. The number of benzene rings is 2. The minimum absolute atomic E-state index is 0.0188. The quantitative estimate of drug-likeness (QED) is 0.885. The van der Waals surface area contributed by atoms with E-state index in [2.05, 4.69) is 50.4 Å². The fourth-order valence-corrected chi connectivity index (χ4v) is 2.05. The molecule has 0 saturated heterocycles. The van der Waals surface area contributed by atoms with E-state index in [9.17, 15) is 5.11 Å². The fraction of sp³-hybridized carbons (Fsp3) is 0.333. The van der Waals surface area contributed by atoms with Crippen LogP contribution in [0, 0.1) is 0 Å². The summed E-state index contributed by atoms with van der Waals surface area (Å²) in [7, 11) is 0. The van der Waals surface area contributed by atoms with Crippen molar-refractivity contribution in [1.29, 1.82) is 0 Å². The standard InChI is InChI=1S/C18H23NO/c1-18(2,3)19-13-17(20)16-11-9-15(10-12-16)14-7-5-4-6-8-14/h4-12,17,19-20H,13H2,1-3H3. The molecule has 106 valence electrons. The first kappa shape index (κ1) is 14.8. The molecule has 1 atom stereocenters. The Kier molecular flexibility index (Phi) is 4.58. The van der Waals surface area contributed by atoms with Gasteiger partial charge in [0.2, 0.25) is 0 Å². The number of aliphatic hydroxyl groups excluding tert-OH is 1. The van der Waals surface area contributed by atoms with Crippen molar-refractivity contribution in [2.24, 2.45) is 0 Å². The van der Waals surface area contributed by atoms with E-state index < -0.39 is 6.10 Å². The van der Waals surface area contributed by atoms with Gasteiger partial charge in [0.1, 0.15) is 0 Å². The van der Waals surface area contributed by atoms with Gasteiger partial charge in [0.25, 0.3) is 0 Å². The van der Waals surface area contributed by atoms with Crippen LogP contribution < -0.4 is 5.32 Å². The van der Waals surface area contributed by atoms with Crippen LogP contribution in [-0.4, -0.2) is 17.2 Å². The van der Waals surface area contributed by atoms with E-state index in [1.165, 1.54) is 11.1 Å². The molecular weight excluding hydrogens is 246 g/mol. The summed E-state index contributed by atoms with van der Waals surface area (Å²) in [6.07, 6.45) is -0.473. The smallest absolute Gasteiger partial charge is 0.0914 e. The molecule has 0 aliphatic rings. The van der Waals surface area contributed by atoms with Crippen molar-refractivity contribution in [3.63, 3.8) is 0 Å². The van der Waals surface area contributed by atoms with E-state index in [1.54, 1.807) is 0 Å². The Morgan fingerprint density at radius 2 is 1.45 bits per heavy atom. The van der Waals surface area contributed by atoms with Crippen LogP contribution in [-0.2, 0) is 0 Å². The Balaban J connectivity index is 2.05. The molecule has 2 nitrogen and oxygen atoms in total. The van der Waals surface area contributed by atoms with Crippen molar-refractivity contribution in [1.82, 2.24) is 5.32 Å². The number of nitrogens with one attached hydrogen (secondary N) is 1. The Hall–Kier alpha value is -1.64. The zero-order valence-electron chi connectivity index (χ0n) is 12.4. The maximum absolute atomic E-state index is 10.2. The van der Waals surface area contributed by atoms with Gasteiger partial charge < -0.3 is 10.4 Å². The number of hydrogen-bond acceptors (Lipinski definition) is 2. The third-order valence-corrected chi connectivity index (χ3v) is 3.23. The van der Waals surface area contributed by atoms with Crippen LogP contribution in [0.3, 0.4) is 0 Å². The highest BCUT2D eigenvalue weighted by atomic mass is 16.3. The molecule has 2 rings (SSSR count). The summed E-state index contributed by atoms with van der Waals surface area (Å²) < 4.78 is 0. The number of β-amino-alcohol motifs (C(OH)–C–C–N with tert-alkyl or cyclic N) is 1. The van der Waals surface area contributed by atoms with Gasteiger partial charge in [-0.3, -0.25) is 0 Å². The average molecular weight is 269 g/mol. The van der Waals surface area contributed by atoms with Crippen LogP contribution in [0.25, 0.3) is 11.1 Å². The number of hydrogen-bond donors (Lipinski definition) is 2. The van der Waals surface area contributed by atoms with Crippen molar-refractivity contribution in [3.8, 4) is 11.1 Å². The van der Waals surface area contributed by atoms with Crippen LogP contribution in [0.15, 0.2) is 54.6 Å². The summed E-state index contributed by atoms with van der Waals surface area (Å²) in [6.45, 7) is 6.85. The molecule has 20 heavy (non-hydrogen) atoms. The van der Waals surface area contributed by atoms with Gasteiger partial charge in [-0.2, -0.15) is 0 Å². The zero-order valence-corrected chi connectivity index (χ0v) is 12.4. The maximum atomic E-state index is 10.2. The minimum atomic E-state index is -0.473. The Labute approximate surface area is 121 Å². The summed E-state index contributed by atoms with van der Waals surface area (Å²) in [5.74, 6) is 0. The van der Waals surface area contributed by atoms with Gasteiger partial charge in [0.15, 0.2) is 0 Å². The summed E-state index contributed by atoms with van der Waals surface area (Å²) in [6, 6.07) is 18.4. The van der Waals surface area contributed by atoms with Crippen molar-refractivity contribution in [3.05, 3.63) is 60.2 Å². The second-order valence-electron chi connectivity index (χ2n) is 6.13. The molecule has 2 aromatic carbocycles. The van der Waals surface area contributed by atoms with Gasteiger partial charge in [-0.25, -0.2) is 0 Å². The Bertz CT molecular complexity index is 526. The SMILES string of the molecule is CC(C)(C)NCC(O)c1ccc(-c2ccccc2)cc1. The van der Waals surface area contributed by atoms with Crippen LogP contribution in [0.5, 0.6) is 0 Å². The lowest BCUT2D eigenvalue weighted by atomic mass is 10.0. The van der Waals surface area contributed by atoms with Crippen molar-refractivity contribution < 1.29 is 5.11 Å². The van der Waals surface area contributed by atoms with E-state index in [0.29, 0.717) is 6.54 Å². The lowest BCUT2D eigenvalue weighted by Crippen LogP contribution is -2.38. The van der Waals surface area contributed by atoms with Gasteiger partial charge in [0.05, 0.1) is 6.10 Å². The highest BCUT2D eigenvalue weighted by Crippen LogP contribution is 2.21. The molecule has 0 spiro atoms. The molecule has 0 fully saturated rings. The van der Waals surface area contributed by atoms with Crippen molar-refractivity contribution in [2.75, 3.05) is 6.54 Å². The van der Waals surface area contributed by atoms with Gasteiger partial charge in [0, 0.05) is 12.1 Å². The first-order chi connectivity index (χ1) is 9.46. The van der Waals surface area contributed by atoms with Gasteiger partial charge in [-0.1, -0.05) is 54.6 Å². The van der Waals surface area contributed by atoms with Crippen LogP contribution in [0.1, 0.15) is 32.4 Å². The number of rotatable bonds is 4. The molecule has 1 unspecified atom stereocenters. The van der Waals surface area contributed by atoms with Gasteiger partial charge >= 0.3 is 0 Å². The highest BCUT2D eigenvalue weighted by Gasteiger charge is 2.13. The van der Waals surface area contributed by atoms with Gasteiger partial charge in [-0.05, 0) is 37.5 Å². The third kappa shape index (κ3) is 4.19. The monoisotopic (exact) mass is 269 g/mol. The van der Waals surface area contributed by atoms with Crippen LogP contribution >= 0.6 is 0 Å². The second-order valence-corrected chi connectivity index (χ2v) is 6.13. The predicted molar refractivity (Wildman–Crippen MR) is 84.6 cm³/mol. The van der Waals surface area contributed by atoms with Crippen LogP contribution in [0.2, 0.25) is 0 Å². The lowest BCUT2D eigenvalue weighted by molar-refractivity contribution is 0.163. The lowest BCUT2D eigenvalue weighted by Gasteiger charge is -2.23. The van der Waals surface area contributed by atoms with E-state index in [1.807, 2.05) is 30.3 Å². The molecule has 2 N–H and O–H groups in total. The first-order valence-electron chi connectivity index (χ1n) is 7.04. The van der Waals surface area contributed by atoms with Gasteiger partial charge in [-0.15, -0.1) is 0 Å². The van der Waals surface area contributed by atoms with E-state index >= 15 is 0 Å². The summed E-state index contributed by atoms with van der Waals surface area (Å²) in [5, 5.41) is 13.5. The summed E-state index contributed by atoms with van der Waals surface area (Å²) in [5.41, 5.74) is 3.33. The molecule has 0 aromatic heterocycles. The predicted octanol–water partition coefficient (Wildman–Crippen LogP) is 3.78. The van der Waals surface area contributed by atoms with E-state index in [0.717, 1.165) is 5.56 Å². The van der Waals surface area contributed by atoms with Crippen LogP contribution in [0.4, 0.5) is 0 Å². The largest absolute Gasteiger partial charge is 0.387 e. The zero-order chi connectivity index (χ0) is 14.6. The molecule has 0 aliphatic carbocycles.